The van der Waals surface area contributed by atoms with Crippen LogP contribution in [-0.2, 0) is 7.05 Å². The second-order valence-corrected chi connectivity index (χ2v) is 5.19. The molecule has 0 aliphatic rings. The van der Waals surface area contributed by atoms with Gasteiger partial charge in [-0.25, -0.2) is 0 Å². The Morgan fingerprint density at radius 3 is 2.75 bits per heavy atom. The van der Waals surface area contributed by atoms with Crippen molar-refractivity contribution in [3.8, 4) is 22.4 Å². The maximum absolute atomic E-state index is 6.28. The molecule has 0 fully saturated rings. The van der Waals surface area contributed by atoms with E-state index in [-0.39, 0.29) is 0 Å². The van der Waals surface area contributed by atoms with Crippen molar-refractivity contribution in [1.82, 2.24) is 20.0 Å². The van der Waals surface area contributed by atoms with Crippen LogP contribution in [-0.4, -0.2) is 20.0 Å². The Labute approximate surface area is 125 Å². The topological polar surface area (TPSA) is 72.5 Å². The lowest BCUT2D eigenvalue weighted by molar-refractivity contribution is 0.782. The van der Waals surface area contributed by atoms with Crippen molar-refractivity contribution in [3.05, 3.63) is 40.6 Å². The molecule has 3 rings (SSSR count). The summed E-state index contributed by atoms with van der Waals surface area (Å²) in [5, 5.41) is 12.2. The van der Waals surface area contributed by atoms with Gasteiger partial charge in [0.25, 0.3) is 0 Å². The van der Waals surface area contributed by atoms with E-state index in [9.17, 15) is 0 Å². The Kier molecular flexibility index (Phi) is 3.16. The molecule has 3 N–H and O–H groups in total. The van der Waals surface area contributed by atoms with Gasteiger partial charge in [0.2, 0.25) is 0 Å². The standard InChI is InChI=1S/C13H11Cl2N5/c1-20-13(16)11(9-3-2-8(14)4-10(9)15)12(19-20)7-5-17-18-6-7/h2-6H,16H2,1H3,(H,17,18). The maximum atomic E-state index is 6.28. The summed E-state index contributed by atoms with van der Waals surface area (Å²) in [4.78, 5) is 0. The van der Waals surface area contributed by atoms with Crippen molar-refractivity contribution >= 4 is 29.0 Å². The van der Waals surface area contributed by atoms with E-state index in [0.29, 0.717) is 15.9 Å². The SMILES string of the molecule is Cn1nc(-c2cn[nH]c2)c(-c2ccc(Cl)cc2Cl)c1N. The molecule has 0 bridgehead atoms. The van der Waals surface area contributed by atoms with Gasteiger partial charge in [-0.05, 0) is 12.1 Å². The molecule has 0 spiro atoms. The summed E-state index contributed by atoms with van der Waals surface area (Å²) >= 11 is 12.2. The van der Waals surface area contributed by atoms with Gasteiger partial charge in [-0.2, -0.15) is 10.2 Å². The molecule has 0 saturated heterocycles. The van der Waals surface area contributed by atoms with Gasteiger partial charge in [-0.1, -0.05) is 29.3 Å². The highest BCUT2D eigenvalue weighted by Gasteiger charge is 2.20. The fraction of sp³-hybridized carbons (Fsp3) is 0.0769. The molecule has 3 aromatic rings. The summed E-state index contributed by atoms with van der Waals surface area (Å²) in [6.07, 6.45) is 3.45. The molecule has 102 valence electrons. The van der Waals surface area contributed by atoms with Crippen molar-refractivity contribution in [2.24, 2.45) is 7.05 Å². The molecule has 7 heteroatoms. The number of hydrogen-bond acceptors (Lipinski definition) is 3. The van der Waals surface area contributed by atoms with Gasteiger partial charge >= 0.3 is 0 Å². The first-order valence-corrected chi connectivity index (χ1v) is 6.60. The van der Waals surface area contributed by atoms with E-state index in [1.165, 1.54) is 0 Å². The van der Waals surface area contributed by atoms with Crippen LogP contribution in [0.1, 0.15) is 0 Å². The zero-order chi connectivity index (χ0) is 14.3. The lowest BCUT2D eigenvalue weighted by atomic mass is 10.0. The number of aryl methyl sites for hydroxylation is 1. The Morgan fingerprint density at radius 1 is 1.30 bits per heavy atom. The van der Waals surface area contributed by atoms with Gasteiger partial charge in [0.05, 0.1) is 16.8 Å². The van der Waals surface area contributed by atoms with Crippen LogP contribution in [0.3, 0.4) is 0 Å². The number of benzene rings is 1. The minimum atomic E-state index is 0.530. The Morgan fingerprint density at radius 2 is 2.10 bits per heavy atom. The molecular formula is C13H11Cl2N5. The summed E-state index contributed by atoms with van der Waals surface area (Å²) in [5.41, 5.74) is 9.26. The van der Waals surface area contributed by atoms with Crippen LogP contribution in [0.5, 0.6) is 0 Å². The number of H-pyrrole nitrogens is 1. The monoisotopic (exact) mass is 307 g/mol. The average molecular weight is 308 g/mol. The van der Waals surface area contributed by atoms with Gasteiger partial charge in [-0.15, -0.1) is 0 Å². The van der Waals surface area contributed by atoms with E-state index >= 15 is 0 Å². The molecule has 0 aliphatic carbocycles. The molecule has 2 heterocycles. The molecule has 0 unspecified atom stereocenters. The fourth-order valence-electron chi connectivity index (χ4n) is 2.08. The maximum Gasteiger partial charge on any atom is 0.129 e. The van der Waals surface area contributed by atoms with Crippen molar-refractivity contribution < 1.29 is 0 Å². The summed E-state index contributed by atoms with van der Waals surface area (Å²) in [7, 11) is 1.78. The highest BCUT2D eigenvalue weighted by Crippen LogP contribution is 2.39. The Hall–Kier alpha value is -1.98. The van der Waals surface area contributed by atoms with Gasteiger partial charge in [0.15, 0.2) is 0 Å². The van der Waals surface area contributed by atoms with Crippen molar-refractivity contribution in [3.63, 3.8) is 0 Å². The number of anilines is 1. The molecule has 0 saturated carbocycles. The van der Waals surface area contributed by atoms with Crippen LogP contribution in [0.15, 0.2) is 30.6 Å². The number of rotatable bonds is 2. The summed E-state index contributed by atoms with van der Waals surface area (Å²) in [6.45, 7) is 0. The second kappa shape index (κ2) is 4.85. The van der Waals surface area contributed by atoms with Gasteiger partial charge in [0.1, 0.15) is 11.5 Å². The average Bonchev–Trinajstić information content (AvgIpc) is 3.01. The first-order valence-electron chi connectivity index (χ1n) is 5.85. The third kappa shape index (κ3) is 2.05. The largest absolute Gasteiger partial charge is 0.383 e. The normalized spacial score (nSPS) is 10.9. The van der Waals surface area contributed by atoms with Crippen molar-refractivity contribution in [1.29, 1.82) is 0 Å². The fourth-order valence-corrected chi connectivity index (χ4v) is 2.58. The lowest BCUT2D eigenvalue weighted by Gasteiger charge is -2.06. The molecule has 20 heavy (non-hydrogen) atoms. The van der Waals surface area contributed by atoms with Crippen LogP contribution in [0, 0.1) is 0 Å². The predicted molar refractivity (Wildman–Crippen MR) is 80.7 cm³/mol. The predicted octanol–water partition coefficient (Wildman–Crippen LogP) is 3.37. The van der Waals surface area contributed by atoms with Crippen LogP contribution < -0.4 is 5.73 Å². The number of aromatic nitrogens is 4. The number of nitrogens with two attached hydrogens (primary N) is 1. The molecule has 1 aromatic carbocycles. The highest BCUT2D eigenvalue weighted by molar-refractivity contribution is 6.36. The van der Waals surface area contributed by atoms with E-state index in [0.717, 1.165) is 22.4 Å². The first kappa shape index (κ1) is 13.0. The molecule has 0 amide bonds. The zero-order valence-electron chi connectivity index (χ0n) is 10.6. The smallest absolute Gasteiger partial charge is 0.129 e. The van der Waals surface area contributed by atoms with E-state index in [1.807, 2.05) is 6.07 Å². The minimum absolute atomic E-state index is 0.530. The van der Waals surface area contributed by atoms with E-state index < -0.39 is 0 Å². The molecule has 5 nitrogen and oxygen atoms in total. The number of nitrogen functional groups attached to an aromatic ring is 1. The highest BCUT2D eigenvalue weighted by atomic mass is 35.5. The third-order valence-electron chi connectivity index (χ3n) is 3.06. The first-order chi connectivity index (χ1) is 9.58. The van der Waals surface area contributed by atoms with E-state index in [4.69, 9.17) is 28.9 Å². The van der Waals surface area contributed by atoms with Crippen LogP contribution in [0.25, 0.3) is 22.4 Å². The van der Waals surface area contributed by atoms with Crippen molar-refractivity contribution in [2.75, 3.05) is 5.73 Å². The molecule has 0 aliphatic heterocycles. The van der Waals surface area contributed by atoms with Gasteiger partial charge in [0, 0.05) is 29.4 Å². The lowest BCUT2D eigenvalue weighted by Crippen LogP contribution is -1.98. The minimum Gasteiger partial charge on any atom is -0.383 e. The van der Waals surface area contributed by atoms with Crippen LogP contribution >= 0.6 is 23.2 Å². The molecule has 0 atom stereocenters. The van der Waals surface area contributed by atoms with Gasteiger partial charge in [-0.3, -0.25) is 9.78 Å². The summed E-state index contributed by atoms with van der Waals surface area (Å²) in [6, 6.07) is 5.29. The molecular weight excluding hydrogens is 297 g/mol. The van der Waals surface area contributed by atoms with Crippen LogP contribution in [0.4, 0.5) is 5.82 Å². The Balaban J connectivity index is 2.28. The van der Waals surface area contributed by atoms with Crippen molar-refractivity contribution in [2.45, 2.75) is 0 Å². The van der Waals surface area contributed by atoms with Crippen LogP contribution in [0.2, 0.25) is 10.0 Å². The third-order valence-corrected chi connectivity index (χ3v) is 3.61. The summed E-state index contributed by atoms with van der Waals surface area (Å²) in [5.74, 6) is 0.533. The zero-order valence-corrected chi connectivity index (χ0v) is 12.1. The second-order valence-electron chi connectivity index (χ2n) is 4.34. The van der Waals surface area contributed by atoms with E-state index in [1.54, 1.807) is 36.3 Å². The quantitative estimate of drug-likeness (QED) is 0.762. The van der Waals surface area contributed by atoms with Gasteiger partial charge < -0.3 is 5.73 Å². The van der Waals surface area contributed by atoms with E-state index in [2.05, 4.69) is 15.3 Å². The number of halogens is 2. The molecule has 2 aromatic heterocycles. The Bertz CT molecular complexity index is 761. The summed E-state index contributed by atoms with van der Waals surface area (Å²) < 4.78 is 1.61. The number of nitrogens with one attached hydrogen (secondary N) is 1. The number of nitrogens with zero attached hydrogens (tertiary/aromatic N) is 3. The number of aromatic amines is 1. The number of hydrogen-bond donors (Lipinski definition) is 2. The molecule has 0 radical (unpaired) electrons.